The Balaban J connectivity index is 2.36. The summed E-state index contributed by atoms with van der Waals surface area (Å²) in [7, 11) is 0. The first-order valence-corrected chi connectivity index (χ1v) is 5.14. The normalized spacial score (nSPS) is 31.0. The molecule has 1 aliphatic rings. The standard InChI is InChI=1S/C10H22N2/c1-8(2)5-10-7-12-4-3-9(10)6-11/h8-10,12H,3-7,11H2,1-2H3. The highest BCUT2D eigenvalue weighted by Gasteiger charge is 2.23. The van der Waals surface area contributed by atoms with E-state index >= 15 is 0 Å². The number of rotatable bonds is 3. The Kier molecular flexibility index (Phi) is 4.02. The van der Waals surface area contributed by atoms with Crippen LogP contribution in [0.4, 0.5) is 0 Å². The number of nitrogens with two attached hydrogens (primary N) is 1. The molecular weight excluding hydrogens is 148 g/mol. The van der Waals surface area contributed by atoms with Crippen LogP contribution in [0.1, 0.15) is 26.7 Å². The third-order valence-corrected chi connectivity index (χ3v) is 2.84. The molecule has 2 nitrogen and oxygen atoms in total. The minimum absolute atomic E-state index is 0.772. The Hall–Kier alpha value is -0.0800. The van der Waals surface area contributed by atoms with E-state index in [1.54, 1.807) is 0 Å². The van der Waals surface area contributed by atoms with Gasteiger partial charge >= 0.3 is 0 Å². The minimum atomic E-state index is 0.772. The fourth-order valence-electron chi connectivity index (χ4n) is 2.17. The van der Waals surface area contributed by atoms with Gasteiger partial charge in [0.05, 0.1) is 0 Å². The first-order chi connectivity index (χ1) is 5.74. The van der Waals surface area contributed by atoms with Crippen molar-refractivity contribution >= 4 is 0 Å². The second kappa shape index (κ2) is 4.83. The lowest BCUT2D eigenvalue weighted by atomic mass is 9.81. The molecule has 0 spiro atoms. The van der Waals surface area contributed by atoms with Crippen LogP contribution in [0.15, 0.2) is 0 Å². The van der Waals surface area contributed by atoms with Gasteiger partial charge in [0.25, 0.3) is 0 Å². The van der Waals surface area contributed by atoms with Crippen LogP contribution in [0.3, 0.4) is 0 Å². The van der Waals surface area contributed by atoms with E-state index in [2.05, 4.69) is 19.2 Å². The molecule has 3 N–H and O–H groups in total. The maximum Gasteiger partial charge on any atom is -0.00173 e. The van der Waals surface area contributed by atoms with Gasteiger partial charge in [-0.3, -0.25) is 0 Å². The van der Waals surface area contributed by atoms with Crippen molar-refractivity contribution in [1.29, 1.82) is 0 Å². The summed E-state index contributed by atoms with van der Waals surface area (Å²) in [5, 5.41) is 3.45. The fourth-order valence-corrected chi connectivity index (χ4v) is 2.17. The van der Waals surface area contributed by atoms with Crippen molar-refractivity contribution < 1.29 is 0 Å². The molecule has 1 fully saturated rings. The van der Waals surface area contributed by atoms with Crippen molar-refractivity contribution in [2.24, 2.45) is 23.5 Å². The van der Waals surface area contributed by atoms with Crippen molar-refractivity contribution in [3.63, 3.8) is 0 Å². The Labute approximate surface area is 75.9 Å². The zero-order chi connectivity index (χ0) is 8.97. The van der Waals surface area contributed by atoms with Gasteiger partial charge in [-0.15, -0.1) is 0 Å². The van der Waals surface area contributed by atoms with Crippen molar-refractivity contribution in [3.8, 4) is 0 Å². The van der Waals surface area contributed by atoms with Crippen LogP contribution >= 0.6 is 0 Å². The second-order valence-electron chi connectivity index (χ2n) is 4.38. The van der Waals surface area contributed by atoms with E-state index in [0.29, 0.717) is 0 Å². The molecule has 0 aromatic heterocycles. The van der Waals surface area contributed by atoms with Crippen molar-refractivity contribution in [2.75, 3.05) is 19.6 Å². The third kappa shape index (κ3) is 2.76. The Morgan fingerprint density at radius 3 is 2.75 bits per heavy atom. The van der Waals surface area contributed by atoms with Crippen LogP contribution in [0.5, 0.6) is 0 Å². The van der Waals surface area contributed by atoms with Gasteiger partial charge in [-0.25, -0.2) is 0 Å². The molecule has 2 unspecified atom stereocenters. The van der Waals surface area contributed by atoms with Crippen LogP contribution in [-0.2, 0) is 0 Å². The largest absolute Gasteiger partial charge is 0.330 e. The summed E-state index contributed by atoms with van der Waals surface area (Å²) in [5.74, 6) is 2.40. The van der Waals surface area contributed by atoms with Gasteiger partial charge in [-0.2, -0.15) is 0 Å². The zero-order valence-electron chi connectivity index (χ0n) is 8.34. The monoisotopic (exact) mass is 170 g/mol. The topological polar surface area (TPSA) is 38.0 Å². The zero-order valence-corrected chi connectivity index (χ0v) is 8.34. The van der Waals surface area contributed by atoms with Crippen LogP contribution in [0.2, 0.25) is 0 Å². The van der Waals surface area contributed by atoms with E-state index in [4.69, 9.17) is 5.73 Å². The smallest absolute Gasteiger partial charge is 0.00173 e. The number of hydrogen-bond acceptors (Lipinski definition) is 2. The lowest BCUT2D eigenvalue weighted by molar-refractivity contribution is 0.226. The maximum atomic E-state index is 5.74. The van der Waals surface area contributed by atoms with E-state index in [1.807, 2.05) is 0 Å². The van der Waals surface area contributed by atoms with Crippen LogP contribution in [-0.4, -0.2) is 19.6 Å². The summed E-state index contributed by atoms with van der Waals surface area (Å²) in [6, 6.07) is 0. The molecule has 1 rings (SSSR count). The molecule has 12 heavy (non-hydrogen) atoms. The van der Waals surface area contributed by atoms with E-state index in [9.17, 15) is 0 Å². The SMILES string of the molecule is CC(C)CC1CNCCC1CN. The predicted octanol–water partition coefficient (Wildman–Crippen LogP) is 1.22. The van der Waals surface area contributed by atoms with Gasteiger partial charge in [-0.05, 0) is 50.2 Å². The van der Waals surface area contributed by atoms with E-state index in [1.165, 1.54) is 19.4 Å². The summed E-state index contributed by atoms with van der Waals surface area (Å²) < 4.78 is 0. The third-order valence-electron chi connectivity index (χ3n) is 2.84. The number of nitrogens with one attached hydrogen (secondary N) is 1. The molecule has 0 amide bonds. The number of piperidine rings is 1. The Bertz CT molecular complexity index is 123. The Morgan fingerprint density at radius 1 is 1.42 bits per heavy atom. The lowest BCUT2D eigenvalue weighted by Crippen LogP contribution is -2.40. The summed E-state index contributed by atoms with van der Waals surface area (Å²) in [6.07, 6.45) is 2.60. The van der Waals surface area contributed by atoms with Gasteiger partial charge in [0.15, 0.2) is 0 Å². The molecule has 2 heteroatoms. The van der Waals surface area contributed by atoms with Gasteiger partial charge in [0.1, 0.15) is 0 Å². The highest BCUT2D eigenvalue weighted by Crippen LogP contribution is 2.24. The minimum Gasteiger partial charge on any atom is -0.330 e. The summed E-state index contributed by atoms with van der Waals surface area (Å²) in [4.78, 5) is 0. The molecular formula is C10H22N2. The summed E-state index contributed by atoms with van der Waals surface area (Å²) >= 11 is 0. The van der Waals surface area contributed by atoms with Crippen molar-refractivity contribution in [2.45, 2.75) is 26.7 Å². The maximum absolute atomic E-state index is 5.74. The van der Waals surface area contributed by atoms with Gasteiger partial charge in [-0.1, -0.05) is 13.8 Å². The molecule has 0 saturated carbocycles. The molecule has 1 aliphatic heterocycles. The van der Waals surface area contributed by atoms with E-state index in [-0.39, 0.29) is 0 Å². The number of hydrogen-bond donors (Lipinski definition) is 2. The highest BCUT2D eigenvalue weighted by atomic mass is 14.9. The van der Waals surface area contributed by atoms with Crippen LogP contribution in [0.25, 0.3) is 0 Å². The molecule has 0 aromatic rings. The lowest BCUT2D eigenvalue weighted by Gasteiger charge is -2.32. The van der Waals surface area contributed by atoms with Crippen LogP contribution in [0, 0.1) is 17.8 Å². The van der Waals surface area contributed by atoms with Gasteiger partial charge < -0.3 is 11.1 Å². The van der Waals surface area contributed by atoms with Gasteiger partial charge in [0.2, 0.25) is 0 Å². The summed E-state index contributed by atoms with van der Waals surface area (Å²) in [6.45, 7) is 7.81. The first-order valence-electron chi connectivity index (χ1n) is 5.14. The molecule has 0 bridgehead atoms. The fraction of sp³-hybridized carbons (Fsp3) is 1.00. The van der Waals surface area contributed by atoms with Crippen LogP contribution < -0.4 is 11.1 Å². The van der Waals surface area contributed by atoms with Crippen molar-refractivity contribution in [3.05, 3.63) is 0 Å². The molecule has 72 valence electrons. The van der Waals surface area contributed by atoms with E-state index in [0.717, 1.165) is 30.8 Å². The molecule has 0 aromatic carbocycles. The molecule has 2 atom stereocenters. The molecule has 1 heterocycles. The van der Waals surface area contributed by atoms with E-state index < -0.39 is 0 Å². The highest BCUT2D eigenvalue weighted by molar-refractivity contribution is 4.79. The molecule has 0 radical (unpaired) electrons. The van der Waals surface area contributed by atoms with Gasteiger partial charge in [0, 0.05) is 0 Å². The Morgan fingerprint density at radius 2 is 2.17 bits per heavy atom. The molecule has 0 aliphatic carbocycles. The second-order valence-corrected chi connectivity index (χ2v) is 4.38. The molecule has 1 saturated heterocycles. The average molecular weight is 170 g/mol. The predicted molar refractivity (Wildman–Crippen MR) is 53.0 cm³/mol. The van der Waals surface area contributed by atoms with Crippen molar-refractivity contribution in [1.82, 2.24) is 5.32 Å². The first kappa shape index (κ1) is 10.0. The average Bonchev–Trinajstić information content (AvgIpc) is 2.04. The quantitative estimate of drug-likeness (QED) is 0.668. The summed E-state index contributed by atoms with van der Waals surface area (Å²) in [5.41, 5.74) is 5.74.